The van der Waals surface area contributed by atoms with Crippen LogP contribution in [0.2, 0.25) is 0 Å². The third kappa shape index (κ3) is 3.95. The highest BCUT2D eigenvalue weighted by Gasteiger charge is 2.19. The van der Waals surface area contributed by atoms with Crippen molar-refractivity contribution in [2.45, 2.75) is 40.0 Å². The van der Waals surface area contributed by atoms with Gasteiger partial charge in [-0.3, -0.25) is 4.57 Å². The molecule has 164 valence electrons. The number of benzene rings is 2. The maximum Gasteiger partial charge on any atom is 0.338 e. The number of hydrogen-bond acceptors (Lipinski definition) is 4. The maximum atomic E-state index is 12.2. The number of esters is 1. The number of unbranched alkanes of at least 4 members (excludes halogenated alkanes) is 1. The Morgan fingerprint density at radius 2 is 1.78 bits per heavy atom. The van der Waals surface area contributed by atoms with Crippen LogP contribution in [0.15, 0.2) is 53.0 Å². The number of ether oxygens (including phenoxy) is 1. The number of fused-ring (bicyclic) bond motifs is 1. The summed E-state index contributed by atoms with van der Waals surface area (Å²) in [5.74, 6) is 0.672. The number of pyridine rings is 1. The average Bonchev–Trinajstić information content (AvgIpc) is 3.19. The summed E-state index contributed by atoms with van der Waals surface area (Å²) < 4.78 is 8.12. The minimum absolute atomic E-state index is 0.340. The fraction of sp³-hybridized carbons (Fsp3) is 0.269. The van der Waals surface area contributed by atoms with Gasteiger partial charge < -0.3 is 4.74 Å². The van der Waals surface area contributed by atoms with Gasteiger partial charge in [-0.05, 0) is 71.1 Å². The Balaban J connectivity index is 1.84. The number of hydrogen-bond donors (Lipinski definition) is 0. The molecule has 2 aromatic carbocycles. The van der Waals surface area contributed by atoms with Crippen molar-refractivity contribution in [3.63, 3.8) is 0 Å². The maximum absolute atomic E-state index is 12.2. The number of carbonyl (C=O) groups is 1. The average molecular weight is 492 g/mol. The highest BCUT2D eigenvalue weighted by Crippen LogP contribution is 2.31. The summed E-state index contributed by atoms with van der Waals surface area (Å²) in [6, 6.07) is 15.7. The van der Waals surface area contributed by atoms with Crippen LogP contribution in [0.4, 0.5) is 0 Å². The van der Waals surface area contributed by atoms with E-state index in [0.717, 1.165) is 68.8 Å². The number of nitrogens with zero attached hydrogens (tertiary/aromatic N) is 3. The largest absolute Gasteiger partial charge is 0.465 e. The minimum atomic E-state index is -0.340. The van der Waals surface area contributed by atoms with Crippen molar-refractivity contribution in [2.24, 2.45) is 0 Å². The third-order valence-electron chi connectivity index (χ3n) is 5.72. The third-order valence-corrected chi connectivity index (χ3v) is 6.89. The lowest BCUT2D eigenvalue weighted by Gasteiger charge is -2.12. The molecule has 0 bridgehead atoms. The van der Waals surface area contributed by atoms with Crippen LogP contribution in [-0.2, 0) is 11.2 Å². The molecule has 2 heterocycles. The smallest absolute Gasteiger partial charge is 0.338 e. The van der Waals surface area contributed by atoms with Gasteiger partial charge in [0, 0.05) is 16.6 Å². The molecule has 4 aromatic rings. The van der Waals surface area contributed by atoms with Crippen molar-refractivity contribution in [3.8, 4) is 16.8 Å². The van der Waals surface area contributed by atoms with E-state index in [0.29, 0.717) is 5.56 Å². The zero-order valence-electron chi connectivity index (χ0n) is 18.8. The van der Waals surface area contributed by atoms with Gasteiger partial charge in [0.2, 0.25) is 0 Å². The molecule has 0 fully saturated rings. The van der Waals surface area contributed by atoms with Crippen LogP contribution in [0.25, 0.3) is 28.0 Å². The quantitative estimate of drug-likeness (QED) is 0.285. The van der Waals surface area contributed by atoms with Gasteiger partial charge in [-0.1, -0.05) is 43.7 Å². The van der Waals surface area contributed by atoms with Gasteiger partial charge in [-0.25, -0.2) is 14.8 Å². The lowest BCUT2D eigenvalue weighted by Crippen LogP contribution is -2.04. The lowest BCUT2D eigenvalue weighted by atomic mass is 9.99. The second-order valence-electron chi connectivity index (χ2n) is 7.86. The van der Waals surface area contributed by atoms with E-state index in [1.54, 1.807) is 6.07 Å². The van der Waals surface area contributed by atoms with Gasteiger partial charge in [0.25, 0.3) is 0 Å². The van der Waals surface area contributed by atoms with Crippen LogP contribution < -0.4 is 0 Å². The zero-order chi connectivity index (χ0) is 22.8. The molecule has 0 N–H and O–H groups in total. The Morgan fingerprint density at radius 3 is 2.47 bits per heavy atom. The number of aromatic nitrogens is 3. The molecule has 0 saturated carbocycles. The molecule has 0 atom stereocenters. The van der Waals surface area contributed by atoms with Crippen molar-refractivity contribution >= 4 is 33.1 Å². The topological polar surface area (TPSA) is 57.0 Å². The summed E-state index contributed by atoms with van der Waals surface area (Å²) in [4.78, 5) is 22.0. The second kappa shape index (κ2) is 9.25. The van der Waals surface area contributed by atoms with Gasteiger partial charge >= 0.3 is 5.97 Å². The first-order chi connectivity index (χ1) is 15.5. The standard InChI is InChI=1S/C26H26BrN3O2/c1-5-6-11-22-29-24-16(2)23(27)17(3)28-25(24)30(22)19-14-12-18(13-15-19)20-9-7-8-10-21(20)26(31)32-4/h7-10,12-15H,5-6,11H2,1-4H3. The molecule has 0 unspecified atom stereocenters. The summed E-state index contributed by atoms with van der Waals surface area (Å²) in [6.45, 7) is 6.27. The molecule has 0 radical (unpaired) electrons. The first-order valence-electron chi connectivity index (χ1n) is 10.8. The van der Waals surface area contributed by atoms with Gasteiger partial charge in [-0.15, -0.1) is 0 Å². The zero-order valence-corrected chi connectivity index (χ0v) is 20.4. The number of rotatable bonds is 6. The summed E-state index contributed by atoms with van der Waals surface area (Å²) in [6.07, 6.45) is 3.05. The molecular formula is C26H26BrN3O2. The van der Waals surface area contributed by atoms with Crippen LogP contribution in [0.3, 0.4) is 0 Å². The van der Waals surface area contributed by atoms with Crippen molar-refractivity contribution in [3.05, 3.63) is 75.6 Å². The first-order valence-corrected chi connectivity index (χ1v) is 11.6. The molecule has 0 amide bonds. The fourth-order valence-corrected chi connectivity index (χ4v) is 4.26. The molecule has 0 aliphatic heterocycles. The molecule has 2 aromatic heterocycles. The fourth-order valence-electron chi connectivity index (χ4n) is 3.98. The Kier molecular flexibility index (Phi) is 6.42. The number of methoxy groups -OCH3 is 1. The number of halogens is 1. The second-order valence-corrected chi connectivity index (χ2v) is 8.65. The predicted octanol–water partition coefficient (Wildman–Crippen LogP) is 6.60. The van der Waals surface area contributed by atoms with E-state index in [9.17, 15) is 4.79 Å². The SMILES string of the molecule is CCCCc1nc2c(C)c(Br)c(C)nc2n1-c1ccc(-c2ccccc2C(=O)OC)cc1. The molecular weight excluding hydrogens is 466 g/mol. The van der Waals surface area contributed by atoms with Gasteiger partial charge in [0.05, 0.1) is 18.4 Å². The molecule has 0 saturated heterocycles. The minimum Gasteiger partial charge on any atom is -0.465 e. The van der Waals surface area contributed by atoms with Crippen molar-refractivity contribution in [1.82, 2.24) is 14.5 Å². The summed E-state index contributed by atoms with van der Waals surface area (Å²) in [5.41, 5.74) is 7.21. The summed E-state index contributed by atoms with van der Waals surface area (Å²) in [5, 5.41) is 0. The Hall–Kier alpha value is -2.99. The van der Waals surface area contributed by atoms with Crippen LogP contribution >= 0.6 is 15.9 Å². The van der Waals surface area contributed by atoms with E-state index in [1.165, 1.54) is 7.11 Å². The van der Waals surface area contributed by atoms with Crippen molar-refractivity contribution in [2.75, 3.05) is 7.11 Å². The summed E-state index contributed by atoms with van der Waals surface area (Å²) in [7, 11) is 1.40. The van der Waals surface area contributed by atoms with E-state index < -0.39 is 0 Å². The van der Waals surface area contributed by atoms with Crippen LogP contribution in [0.5, 0.6) is 0 Å². The monoisotopic (exact) mass is 491 g/mol. The van der Waals surface area contributed by atoms with E-state index >= 15 is 0 Å². The van der Waals surface area contributed by atoms with Crippen molar-refractivity contribution in [1.29, 1.82) is 0 Å². The van der Waals surface area contributed by atoms with E-state index in [4.69, 9.17) is 14.7 Å². The van der Waals surface area contributed by atoms with Gasteiger partial charge in [0.1, 0.15) is 11.3 Å². The number of imidazole rings is 1. The van der Waals surface area contributed by atoms with E-state index in [2.05, 4.69) is 46.5 Å². The lowest BCUT2D eigenvalue weighted by molar-refractivity contribution is 0.0601. The van der Waals surface area contributed by atoms with Crippen LogP contribution in [0.1, 0.15) is 47.2 Å². The molecule has 0 aliphatic rings. The van der Waals surface area contributed by atoms with E-state index in [1.807, 2.05) is 37.3 Å². The molecule has 5 nitrogen and oxygen atoms in total. The van der Waals surface area contributed by atoms with Gasteiger partial charge in [-0.2, -0.15) is 0 Å². The molecule has 0 aliphatic carbocycles. The van der Waals surface area contributed by atoms with Crippen LogP contribution in [-0.4, -0.2) is 27.6 Å². The van der Waals surface area contributed by atoms with Crippen molar-refractivity contribution < 1.29 is 9.53 Å². The molecule has 4 rings (SSSR count). The highest BCUT2D eigenvalue weighted by atomic mass is 79.9. The Morgan fingerprint density at radius 1 is 1.06 bits per heavy atom. The van der Waals surface area contributed by atoms with Gasteiger partial charge in [0.15, 0.2) is 5.65 Å². The number of aryl methyl sites for hydroxylation is 3. The summed E-state index contributed by atoms with van der Waals surface area (Å²) >= 11 is 3.65. The first kappa shape index (κ1) is 22.2. The predicted molar refractivity (Wildman–Crippen MR) is 131 cm³/mol. The highest BCUT2D eigenvalue weighted by molar-refractivity contribution is 9.10. The molecule has 32 heavy (non-hydrogen) atoms. The molecule has 0 spiro atoms. The Bertz CT molecular complexity index is 1290. The molecule has 6 heteroatoms. The normalized spacial score (nSPS) is 11.2. The Labute approximate surface area is 196 Å². The van der Waals surface area contributed by atoms with E-state index in [-0.39, 0.29) is 5.97 Å². The van der Waals surface area contributed by atoms with Crippen LogP contribution in [0, 0.1) is 13.8 Å². The number of carbonyl (C=O) groups excluding carboxylic acids is 1.